The van der Waals surface area contributed by atoms with E-state index in [1.807, 2.05) is 19.1 Å². The monoisotopic (exact) mass is 420 g/mol. The molecule has 0 saturated heterocycles. The number of halogens is 2. The zero-order chi connectivity index (χ0) is 22.1. The summed E-state index contributed by atoms with van der Waals surface area (Å²) in [6, 6.07) is 16.8. The van der Waals surface area contributed by atoms with Crippen molar-refractivity contribution in [2.24, 2.45) is 0 Å². The van der Waals surface area contributed by atoms with E-state index in [9.17, 15) is 18.4 Å². The summed E-state index contributed by atoms with van der Waals surface area (Å²) < 4.78 is 32.2. The fraction of sp³-hybridized carbons (Fsp3) is 0.0833. The van der Waals surface area contributed by atoms with Crippen LogP contribution >= 0.6 is 0 Å². The number of benzene rings is 3. The van der Waals surface area contributed by atoms with Crippen molar-refractivity contribution < 1.29 is 23.1 Å². The van der Waals surface area contributed by atoms with Crippen LogP contribution in [-0.2, 0) is 9.59 Å². The number of amides is 2. The Kier molecular flexibility index (Phi) is 5.25. The molecule has 31 heavy (non-hydrogen) atoms. The molecule has 0 aromatic heterocycles. The van der Waals surface area contributed by atoms with E-state index in [2.05, 4.69) is 5.32 Å². The first-order valence-corrected chi connectivity index (χ1v) is 9.45. The van der Waals surface area contributed by atoms with Crippen molar-refractivity contribution in [1.29, 1.82) is 0 Å². The summed E-state index contributed by atoms with van der Waals surface area (Å²) in [5, 5.41) is 2.81. The predicted molar refractivity (Wildman–Crippen MR) is 114 cm³/mol. The van der Waals surface area contributed by atoms with Crippen molar-refractivity contribution in [3.63, 3.8) is 0 Å². The van der Waals surface area contributed by atoms with Gasteiger partial charge in [-0.15, -0.1) is 0 Å². The zero-order valence-electron chi connectivity index (χ0n) is 16.8. The van der Waals surface area contributed by atoms with Crippen LogP contribution in [0.1, 0.15) is 11.1 Å². The maximum absolute atomic E-state index is 13.7. The van der Waals surface area contributed by atoms with Crippen LogP contribution in [-0.4, -0.2) is 18.9 Å². The van der Waals surface area contributed by atoms with Gasteiger partial charge in [-0.2, -0.15) is 0 Å². The van der Waals surface area contributed by atoms with Crippen molar-refractivity contribution in [3.05, 3.63) is 95.2 Å². The van der Waals surface area contributed by atoms with Crippen LogP contribution in [0.5, 0.6) is 5.75 Å². The van der Waals surface area contributed by atoms with E-state index in [4.69, 9.17) is 4.74 Å². The quantitative estimate of drug-likeness (QED) is 0.609. The molecule has 3 aromatic rings. The number of rotatable bonds is 5. The lowest BCUT2D eigenvalue weighted by Gasteiger charge is -2.16. The minimum absolute atomic E-state index is 0.0253. The number of nitrogens with zero attached hydrogens (tertiary/aromatic N) is 1. The normalized spacial score (nSPS) is 13.7. The summed E-state index contributed by atoms with van der Waals surface area (Å²) in [5.74, 6) is -2.74. The van der Waals surface area contributed by atoms with Gasteiger partial charge in [-0.05, 0) is 36.8 Å². The molecule has 0 radical (unpaired) electrons. The average molecular weight is 420 g/mol. The third-order valence-corrected chi connectivity index (χ3v) is 4.92. The number of imide groups is 1. The second kappa shape index (κ2) is 8.02. The van der Waals surface area contributed by atoms with E-state index in [1.54, 1.807) is 36.4 Å². The molecule has 0 bridgehead atoms. The molecular formula is C24H18F2N2O3. The standard InChI is InChI=1S/C24H18F2N2O3/c1-14-6-8-15(9-7-14)21-22(27-16-10-11-19(25)20(26)12-16)24(30)28(23(21)29)17-4-3-5-18(13-17)31-2/h3-13,27H,1-2H3. The number of carbonyl (C=O) groups excluding carboxylic acids is 2. The minimum Gasteiger partial charge on any atom is -0.497 e. The fourth-order valence-corrected chi connectivity index (χ4v) is 3.34. The summed E-state index contributed by atoms with van der Waals surface area (Å²) in [6.07, 6.45) is 0. The summed E-state index contributed by atoms with van der Waals surface area (Å²) >= 11 is 0. The van der Waals surface area contributed by atoms with E-state index >= 15 is 0 Å². The Morgan fingerprint density at radius 1 is 0.871 bits per heavy atom. The molecule has 0 fully saturated rings. The molecule has 0 unspecified atom stereocenters. The summed E-state index contributed by atoms with van der Waals surface area (Å²) in [5.41, 5.74) is 2.11. The van der Waals surface area contributed by atoms with Crippen molar-refractivity contribution in [2.75, 3.05) is 17.3 Å². The number of carbonyl (C=O) groups is 2. The Balaban J connectivity index is 1.82. The van der Waals surface area contributed by atoms with Crippen LogP contribution in [0.15, 0.2) is 72.4 Å². The van der Waals surface area contributed by atoms with Crippen molar-refractivity contribution in [1.82, 2.24) is 0 Å². The van der Waals surface area contributed by atoms with Crippen LogP contribution in [0.2, 0.25) is 0 Å². The van der Waals surface area contributed by atoms with Crippen molar-refractivity contribution in [2.45, 2.75) is 6.92 Å². The molecule has 2 amide bonds. The van der Waals surface area contributed by atoms with Crippen LogP contribution in [0.4, 0.5) is 20.2 Å². The van der Waals surface area contributed by atoms with Gasteiger partial charge in [0.1, 0.15) is 11.4 Å². The second-order valence-corrected chi connectivity index (χ2v) is 7.02. The SMILES string of the molecule is COc1cccc(N2C(=O)C(Nc3ccc(F)c(F)c3)=C(c3ccc(C)cc3)C2=O)c1. The Hall–Kier alpha value is -4.00. The van der Waals surface area contributed by atoms with Gasteiger partial charge in [0.15, 0.2) is 11.6 Å². The molecular weight excluding hydrogens is 402 g/mol. The molecule has 7 heteroatoms. The highest BCUT2D eigenvalue weighted by molar-refractivity contribution is 6.46. The molecule has 0 saturated carbocycles. The number of anilines is 2. The molecule has 1 heterocycles. The van der Waals surface area contributed by atoms with Gasteiger partial charge in [0.25, 0.3) is 11.8 Å². The average Bonchev–Trinajstić information content (AvgIpc) is 3.01. The molecule has 1 aliphatic rings. The summed E-state index contributed by atoms with van der Waals surface area (Å²) in [4.78, 5) is 27.7. The van der Waals surface area contributed by atoms with E-state index < -0.39 is 23.4 Å². The van der Waals surface area contributed by atoms with Gasteiger partial charge in [-0.1, -0.05) is 35.9 Å². The summed E-state index contributed by atoms with van der Waals surface area (Å²) in [6.45, 7) is 1.91. The van der Waals surface area contributed by atoms with Gasteiger partial charge in [0.2, 0.25) is 0 Å². The lowest BCUT2D eigenvalue weighted by Crippen LogP contribution is -2.32. The van der Waals surface area contributed by atoms with Gasteiger partial charge in [0.05, 0.1) is 18.4 Å². The molecule has 1 N–H and O–H groups in total. The Labute approximate surface area is 177 Å². The third kappa shape index (κ3) is 3.77. The topological polar surface area (TPSA) is 58.6 Å². The lowest BCUT2D eigenvalue weighted by atomic mass is 10.0. The number of hydrogen-bond donors (Lipinski definition) is 1. The molecule has 4 rings (SSSR count). The first-order chi connectivity index (χ1) is 14.9. The zero-order valence-corrected chi connectivity index (χ0v) is 16.8. The van der Waals surface area contributed by atoms with Gasteiger partial charge in [-0.25, -0.2) is 13.7 Å². The highest BCUT2D eigenvalue weighted by Crippen LogP contribution is 2.35. The molecule has 0 atom stereocenters. The van der Waals surface area contributed by atoms with E-state index in [1.165, 1.54) is 13.2 Å². The predicted octanol–water partition coefficient (Wildman–Crippen LogP) is 4.68. The molecule has 0 spiro atoms. The number of aryl methyl sites for hydroxylation is 1. The number of hydrogen-bond acceptors (Lipinski definition) is 4. The Morgan fingerprint density at radius 2 is 1.61 bits per heavy atom. The third-order valence-electron chi connectivity index (χ3n) is 4.92. The molecule has 3 aromatic carbocycles. The fourth-order valence-electron chi connectivity index (χ4n) is 3.34. The van der Waals surface area contributed by atoms with Crippen LogP contribution < -0.4 is 15.0 Å². The molecule has 0 aliphatic carbocycles. The Bertz CT molecular complexity index is 1220. The van der Waals surface area contributed by atoms with Crippen molar-refractivity contribution in [3.8, 4) is 5.75 Å². The highest BCUT2D eigenvalue weighted by atomic mass is 19.2. The van der Waals surface area contributed by atoms with Crippen molar-refractivity contribution >= 4 is 28.8 Å². The van der Waals surface area contributed by atoms with Gasteiger partial charge in [-0.3, -0.25) is 9.59 Å². The maximum Gasteiger partial charge on any atom is 0.282 e. The first-order valence-electron chi connectivity index (χ1n) is 9.45. The number of nitrogens with one attached hydrogen (secondary N) is 1. The van der Waals surface area contributed by atoms with Gasteiger partial charge >= 0.3 is 0 Å². The van der Waals surface area contributed by atoms with Crippen LogP contribution in [0, 0.1) is 18.6 Å². The Morgan fingerprint density at radius 3 is 2.29 bits per heavy atom. The number of ether oxygens (including phenoxy) is 1. The van der Waals surface area contributed by atoms with Gasteiger partial charge in [0, 0.05) is 17.8 Å². The first kappa shape index (κ1) is 20.3. The molecule has 5 nitrogen and oxygen atoms in total. The summed E-state index contributed by atoms with van der Waals surface area (Å²) in [7, 11) is 1.48. The maximum atomic E-state index is 13.7. The molecule has 1 aliphatic heterocycles. The largest absolute Gasteiger partial charge is 0.497 e. The van der Waals surface area contributed by atoms with E-state index in [0.29, 0.717) is 17.0 Å². The second-order valence-electron chi connectivity index (χ2n) is 7.02. The minimum atomic E-state index is -1.07. The number of methoxy groups -OCH3 is 1. The van der Waals surface area contributed by atoms with E-state index in [0.717, 1.165) is 22.6 Å². The van der Waals surface area contributed by atoms with Gasteiger partial charge < -0.3 is 10.1 Å². The van der Waals surface area contributed by atoms with Crippen LogP contribution in [0.3, 0.4) is 0 Å². The smallest absolute Gasteiger partial charge is 0.282 e. The lowest BCUT2D eigenvalue weighted by molar-refractivity contribution is -0.120. The highest BCUT2D eigenvalue weighted by Gasteiger charge is 2.40. The molecule has 156 valence electrons. The van der Waals surface area contributed by atoms with E-state index in [-0.39, 0.29) is 17.0 Å². The van der Waals surface area contributed by atoms with Crippen LogP contribution in [0.25, 0.3) is 5.57 Å².